The van der Waals surface area contributed by atoms with Crippen LogP contribution in [0.5, 0.6) is 0 Å². The lowest BCUT2D eigenvalue weighted by molar-refractivity contribution is -0.136. The Bertz CT molecular complexity index is 1190. The van der Waals surface area contributed by atoms with E-state index in [1.807, 2.05) is 6.92 Å². The predicted molar refractivity (Wildman–Crippen MR) is 109 cm³/mol. The van der Waals surface area contributed by atoms with Crippen LogP contribution in [0.3, 0.4) is 0 Å². The molecule has 1 unspecified atom stereocenters. The number of sulfonamides is 1. The number of hydrogen-bond donors (Lipinski definition) is 2. The summed E-state index contributed by atoms with van der Waals surface area (Å²) < 4.78 is 29.4. The fraction of sp³-hybridized carbons (Fsp3) is 0.400. The number of imide groups is 1. The molecule has 1 atom stereocenters. The lowest BCUT2D eigenvalue weighted by Gasteiger charge is -2.29. The second kappa shape index (κ2) is 7.89. The molecule has 2 aliphatic rings. The van der Waals surface area contributed by atoms with Crippen LogP contribution in [0.25, 0.3) is 0 Å². The number of nitrogens with one attached hydrogen (secondary N) is 2. The Kier molecular flexibility index (Phi) is 5.40. The van der Waals surface area contributed by atoms with E-state index in [0.29, 0.717) is 29.8 Å². The van der Waals surface area contributed by atoms with Gasteiger partial charge in [0.15, 0.2) is 0 Å². The van der Waals surface area contributed by atoms with Gasteiger partial charge in [0.1, 0.15) is 10.9 Å². The van der Waals surface area contributed by atoms with Gasteiger partial charge in [0.25, 0.3) is 5.91 Å². The number of aromatic nitrogens is 2. The molecule has 0 radical (unpaired) electrons. The van der Waals surface area contributed by atoms with E-state index in [0.717, 1.165) is 5.56 Å². The molecule has 0 spiro atoms. The van der Waals surface area contributed by atoms with Crippen LogP contribution >= 0.6 is 0 Å². The lowest BCUT2D eigenvalue weighted by atomic mass is 10.0. The van der Waals surface area contributed by atoms with E-state index in [9.17, 15) is 22.8 Å². The van der Waals surface area contributed by atoms with Gasteiger partial charge in [-0.05, 0) is 37.5 Å². The van der Waals surface area contributed by atoms with Crippen LogP contribution in [-0.2, 0) is 39.2 Å². The van der Waals surface area contributed by atoms with E-state index in [1.54, 1.807) is 29.8 Å². The first kappa shape index (κ1) is 21.2. The summed E-state index contributed by atoms with van der Waals surface area (Å²) in [5.41, 5.74) is 2.25. The van der Waals surface area contributed by atoms with Crippen molar-refractivity contribution in [1.82, 2.24) is 24.7 Å². The van der Waals surface area contributed by atoms with E-state index in [1.165, 1.54) is 11.1 Å². The first-order valence-corrected chi connectivity index (χ1v) is 11.5. The fourth-order valence-corrected chi connectivity index (χ4v) is 5.10. The average molecular weight is 446 g/mol. The number of amides is 3. The molecule has 31 heavy (non-hydrogen) atoms. The smallest absolute Gasteiger partial charge is 0.255 e. The summed E-state index contributed by atoms with van der Waals surface area (Å²) in [4.78, 5) is 38.0. The molecule has 2 aromatic rings. The van der Waals surface area contributed by atoms with Crippen molar-refractivity contribution < 1.29 is 22.8 Å². The summed E-state index contributed by atoms with van der Waals surface area (Å²) in [5, 5.41) is 6.44. The number of nitrogens with zero attached hydrogens (tertiary/aromatic N) is 3. The third-order valence-corrected chi connectivity index (χ3v) is 7.08. The van der Waals surface area contributed by atoms with Crippen LogP contribution < -0.4 is 10.0 Å². The van der Waals surface area contributed by atoms with Gasteiger partial charge >= 0.3 is 0 Å². The van der Waals surface area contributed by atoms with Gasteiger partial charge in [0, 0.05) is 37.8 Å². The summed E-state index contributed by atoms with van der Waals surface area (Å²) in [7, 11) is -3.76. The van der Waals surface area contributed by atoms with Crippen LogP contribution in [0.15, 0.2) is 29.3 Å². The van der Waals surface area contributed by atoms with E-state index in [4.69, 9.17) is 0 Å². The highest BCUT2D eigenvalue weighted by molar-refractivity contribution is 7.89. The summed E-state index contributed by atoms with van der Waals surface area (Å²) >= 11 is 0. The molecule has 1 saturated heterocycles. The molecule has 164 valence electrons. The van der Waals surface area contributed by atoms with Crippen molar-refractivity contribution >= 4 is 27.7 Å². The second-order valence-corrected chi connectivity index (χ2v) is 9.39. The Hall–Kier alpha value is -3.05. The van der Waals surface area contributed by atoms with E-state index >= 15 is 0 Å². The van der Waals surface area contributed by atoms with E-state index < -0.39 is 22.0 Å². The average Bonchev–Trinajstić information content (AvgIpc) is 3.27. The van der Waals surface area contributed by atoms with Gasteiger partial charge in [-0.3, -0.25) is 24.4 Å². The highest BCUT2D eigenvalue weighted by Gasteiger charge is 2.39. The lowest BCUT2D eigenvalue weighted by Crippen LogP contribution is -2.52. The number of carbonyl (C=O) groups is 3. The van der Waals surface area contributed by atoms with Crippen molar-refractivity contribution in [2.24, 2.45) is 0 Å². The molecule has 0 aliphatic carbocycles. The highest BCUT2D eigenvalue weighted by Crippen LogP contribution is 2.28. The molecule has 1 fully saturated rings. The molecule has 3 amide bonds. The monoisotopic (exact) mass is 445 g/mol. The summed E-state index contributed by atoms with van der Waals surface area (Å²) in [6.07, 6.45) is 1.97. The minimum atomic E-state index is -3.76. The summed E-state index contributed by atoms with van der Waals surface area (Å²) in [6.45, 7) is 4.36. The third kappa shape index (κ3) is 3.98. The Morgan fingerprint density at radius 1 is 1.26 bits per heavy atom. The number of rotatable bonds is 6. The quantitative estimate of drug-likeness (QED) is 0.621. The zero-order valence-electron chi connectivity index (χ0n) is 17.2. The maximum atomic E-state index is 12.9. The van der Waals surface area contributed by atoms with Crippen molar-refractivity contribution in [2.75, 3.05) is 0 Å². The van der Waals surface area contributed by atoms with Gasteiger partial charge in [-0.25, -0.2) is 13.1 Å². The molecule has 3 heterocycles. The van der Waals surface area contributed by atoms with Crippen LogP contribution in [0.4, 0.5) is 0 Å². The van der Waals surface area contributed by atoms with Gasteiger partial charge in [-0.1, -0.05) is 12.1 Å². The topological polar surface area (TPSA) is 130 Å². The molecule has 2 N–H and O–H groups in total. The maximum Gasteiger partial charge on any atom is 0.255 e. The first-order chi connectivity index (χ1) is 14.7. The van der Waals surface area contributed by atoms with Crippen molar-refractivity contribution in [3.63, 3.8) is 0 Å². The van der Waals surface area contributed by atoms with E-state index in [-0.39, 0.29) is 36.2 Å². The maximum absolute atomic E-state index is 12.9. The fourth-order valence-electron chi connectivity index (χ4n) is 3.89. The second-order valence-electron chi connectivity index (χ2n) is 7.65. The zero-order chi connectivity index (χ0) is 22.3. The molecule has 1 aromatic heterocycles. The van der Waals surface area contributed by atoms with Crippen LogP contribution in [-0.4, -0.2) is 46.9 Å². The van der Waals surface area contributed by atoms with Crippen molar-refractivity contribution in [3.8, 4) is 0 Å². The standard InChI is InChI=1S/C20H23N5O5S/c1-3-24-11-17(12(2)23-24)31(29,30)21-9-13-4-5-14-10-25(20(28)15(14)8-13)16-6-7-18(26)22-19(16)27/h4-5,8,11,16,21H,3,6-7,9-10H2,1-2H3,(H,22,26,27). The van der Waals surface area contributed by atoms with Crippen molar-refractivity contribution in [3.05, 3.63) is 46.8 Å². The van der Waals surface area contributed by atoms with Crippen molar-refractivity contribution in [1.29, 1.82) is 0 Å². The molecule has 10 nitrogen and oxygen atoms in total. The van der Waals surface area contributed by atoms with Crippen LogP contribution in [0.1, 0.15) is 46.9 Å². The molecular formula is C20H23N5O5S. The van der Waals surface area contributed by atoms with Gasteiger partial charge in [0.05, 0.1) is 5.69 Å². The van der Waals surface area contributed by atoms with Gasteiger partial charge in [0.2, 0.25) is 21.8 Å². The Balaban J connectivity index is 1.48. The van der Waals surface area contributed by atoms with E-state index in [2.05, 4.69) is 15.1 Å². The number of carbonyl (C=O) groups excluding carboxylic acids is 3. The third-order valence-electron chi connectivity index (χ3n) is 5.57. The zero-order valence-corrected chi connectivity index (χ0v) is 18.0. The normalized spacial score (nSPS) is 19.0. The first-order valence-electron chi connectivity index (χ1n) is 9.99. The van der Waals surface area contributed by atoms with Gasteiger partial charge in [-0.15, -0.1) is 0 Å². The predicted octanol–water partition coefficient (Wildman–Crippen LogP) is 0.451. The Morgan fingerprint density at radius 2 is 2.03 bits per heavy atom. The molecule has 2 aliphatic heterocycles. The number of hydrogen-bond acceptors (Lipinski definition) is 6. The SMILES string of the molecule is CCn1cc(S(=O)(=O)NCc2ccc3c(c2)C(=O)N(C2CCC(=O)NC2=O)C3)c(C)n1. The molecular weight excluding hydrogens is 422 g/mol. The largest absolute Gasteiger partial charge is 0.322 e. The minimum Gasteiger partial charge on any atom is -0.322 e. The van der Waals surface area contributed by atoms with Gasteiger partial charge < -0.3 is 4.90 Å². The van der Waals surface area contributed by atoms with Gasteiger partial charge in [-0.2, -0.15) is 5.10 Å². The molecule has 0 saturated carbocycles. The Morgan fingerprint density at radius 3 is 2.71 bits per heavy atom. The molecule has 11 heteroatoms. The number of aryl methyl sites for hydroxylation is 2. The molecule has 1 aromatic carbocycles. The van der Waals surface area contributed by atoms with Crippen LogP contribution in [0, 0.1) is 6.92 Å². The molecule has 4 rings (SSSR count). The Labute approximate surface area is 179 Å². The number of benzene rings is 1. The highest BCUT2D eigenvalue weighted by atomic mass is 32.2. The summed E-state index contributed by atoms with van der Waals surface area (Å²) in [6, 6.07) is 4.49. The number of fused-ring (bicyclic) bond motifs is 1. The minimum absolute atomic E-state index is 0.0120. The summed E-state index contributed by atoms with van der Waals surface area (Å²) in [5.74, 6) is -1.10. The van der Waals surface area contributed by atoms with Crippen molar-refractivity contribution in [2.45, 2.75) is 57.3 Å². The van der Waals surface area contributed by atoms with Crippen LogP contribution in [0.2, 0.25) is 0 Å². The molecule has 0 bridgehead atoms. The number of piperidine rings is 1.